The second kappa shape index (κ2) is 8.26. The Balaban J connectivity index is 0.000000621. The lowest BCUT2D eigenvalue weighted by Gasteiger charge is -2.22. The smallest absolute Gasteiger partial charge is 0.195 e. The Morgan fingerprint density at radius 1 is 0.800 bits per heavy atom. The highest BCUT2D eigenvalue weighted by Gasteiger charge is 2.15. The summed E-state index contributed by atoms with van der Waals surface area (Å²) in [6.07, 6.45) is 0. The Bertz CT molecular complexity index is 486. The van der Waals surface area contributed by atoms with Crippen LogP contribution in [0.4, 0.5) is 0 Å². The zero-order chi connectivity index (χ0) is 16.1. The summed E-state index contributed by atoms with van der Waals surface area (Å²) in [7, 11) is 4.81. The number of hydrogen-bond acceptors (Lipinski definition) is 2. The molecule has 0 spiro atoms. The van der Waals surface area contributed by atoms with Crippen molar-refractivity contribution in [2.75, 3.05) is 0 Å². The van der Waals surface area contributed by atoms with Gasteiger partial charge in [0.2, 0.25) is 0 Å². The lowest BCUT2D eigenvalue weighted by molar-refractivity contribution is 0.621. The van der Waals surface area contributed by atoms with Gasteiger partial charge < -0.3 is 0 Å². The highest BCUT2D eigenvalue weighted by Crippen LogP contribution is 2.32. The molecule has 0 atom stereocenters. The first-order valence-electron chi connectivity index (χ1n) is 6.72. The minimum atomic E-state index is -3.72. The second-order valence-corrected chi connectivity index (χ2v) is 9.36. The molecule has 0 unspecified atom stereocenters. The molecule has 5 heteroatoms. The Hall–Kier alpha value is -0.250. The van der Waals surface area contributed by atoms with Gasteiger partial charge in [-0.2, -0.15) is 8.42 Å². The van der Waals surface area contributed by atoms with Crippen molar-refractivity contribution in [1.82, 2.24) is 0 Å². The normalized spacial score (nSPS) is 11.8. The molecular formula is C15H24Cl2O2S. The average molecular weight is 339 g/mol. The van der Waals surface area contributed by atoms with Crippen molar-refractivity contribution in [1.29, 1.82) is 0 Å². The summed E-state index contributed by atoms with van der Waals surface area (Å²) in [6.45, 7) is 13.7. The van der Waals surface area contributed by atoms with E-state index in [4.69, 9.17) is 8.42 Å². The predicted octanol–water partition coefficient (Wildman–Crippen LogP) is 5.77. The Morgan fingerprint density at radius 2 is 1.10 bits per heavy atom. The molecule has 0 heterocycles. The van der Waals surface area contributed by atoms with Crippen LogP contribution >= 0.6 is 21.4 Å². The monoisotopic (exact) mass is 338 g/mol. The minimum Gasteiger partial charge on any atom is -0.195 e. The number of halogens is 2. The molecule has 116 valence electrons. The highest BCUT2D eigenvalue weighted by molar-refractivity contribution is 8.31. The van der Waals surface area contributed by atoms with E-state index in [1.54, 1.807) is 5.56 Å². The van der Waals surface area contributed by atoms with Crippen molar-refractivity contribution in [2.45, 2.75) is 59.3 Å². The summed E-state index contributed by atoms with van der Waals surface area (Å²) in [5.74, 6) is 1.88. The Kier molecular flexibility index (Phi) is 8.15. The van der Waals surface area contributed by atoms with Crippen LogP contribution in [0.15, 0.2) is 18.2 Å². The van der Waals surface area contributed by atoms with Crippen LogP contribution in [-0.4, -0.2) is 8.42 Å². The number of rotatable bonds is 3. The van der Waals surface area contributed by atoms with Crippen LogP contribution in [0.2, 0.25) is 0 Å². The molecule has 0 saturated carbocycles. The van der Waals surface area contributed by atoms with Crippen molar-refractivity contribution in [3.05, 3.63) is 34.9 Å². The van der Waals surface area contributed by atoms with Crippen LogP contribution in [0.25, 0.3) is 0 Å². The quantitative estimate of drug-likeness (QED) is 0.656. The largest absolute Gasteiger partial charge is 0.317 e. The van der Waals surface area contributed by atoms with Gasteiger partial charge in [0.15, 0.2) is 0 Å². The van der Waals surface area contributed by atoms with Gasteiger partial charge in [-0.3, -0.25) is 0 Å². The molecule has 0 radical (unpaired) electrons. The van der Waals surface area contributed by atoms with Crippen LogP contribution < -0.4 is 0 Å². The molecule has 1 aromatic rings. The van der Waals surface area contributed by atoms with Gasteiger partial charge >= 0.3 is 8.26 Å². The molecule has 0 saturated heterocycles. The van der Waals surface area contributed by atoms with Crippen molar-refractivity contribution in [3.8, 4) is 0 Å². The van der Waals surface area contributed by atoms with Gasteiger partial charge in [-0.05, 0) is 34.4 Å². The van der Waals surface area contributed by atoms with E-state index in [-0.39, 0.29) is 0 Å². The first kappa shape index (κ1) is 19.8. The van der Waals surface area contributed by atoms with Crippen LogP contribution in [-0.2, 0) is 8.26 Å². The van der Waals surface area contributed by atoms with Crippen molar-refractivity contribution < 1.29 is 8.42 Å². The predicted molar refractivity (Wildman–Crippen MR) is 89.3 cm³/mol. The molecule has 0 aliphatic rings. The summed E-state index contributed by atoms with van der Waals surface area (Å²) in [5, 5.41) is 0. The third kappa shape index (κ3) is 7.51. The van der Waals surface area contributed by atoms with Crippen LogP contribution in [0.1, 0.15) is 76.0 Å². The molecule has 1 rings (SSSR count). The molecule has 0 fully saturated rings. The second-order valence-electron chi connectivity index (χ2n) is 5.69. The van der Waals surface area contributed by atoms with Gasteiger partial charge in [0.1, 0.15) is 0 Å². The highest BCUT2D eigenvalue weighted by atomic mass is 36.0. The number of benzene rings is 1. The van der Waals surface area contributed by atoms with Crippen molar-refractivity contribution in [2.24, 2.45) is 0 Å². The van der Waals surface area contributed by atoms with E-state index in [1.165, 1.54) is 11.1 Å². The molecule has 1 aromatic carbocycles. The van der Waals surface area contributed by atoms with Crippen molar-refractivity contribution in [3.63, 3.8) is 0 Å². The topological polar surface area (TPSA) is 34.1 Å². The van der Waals surface area contributed by atoms with E-state index in [0.29, 0.717) is 17.8 Å². The van der Waals surface area contributed by atoms with E-state index in [0.717, 1.165) is 0 Å². The SMILES string of the molecule is CC(C)c1cccc(C(C)C)c1C(C)C.O=S(=O)(Cl)Cl. The molecule has 0 aliphatic carbocycles. The van der Waals surface area contributed by atoms with Gasteiger partial charge in [0.05, 0.1) is 0 Å². The van der Waals surface area contributed by atoms with E-state index < -0.39 is 8.26 Å². The lowest BCUT2D eigenvalue weighted by atomic mass is 9.83. The van der Waals surface area contributed by atoms with Gasteiger partial charge in [-0.1, -0.05) is 59.7 Å². The van der Waals surface area contributed by atoms with Crippen LogP contribution in [0, 0.1) is 0 Å². The maximum atomic E-state index is 9.16. The summed E-state index contributed by atoms with van der Waals surface area (Å²) in [4.78, 5) is 0. The van der Waals surface area contributed by atoms with Gasteiger partial charge in [0.25, 0.3) is 0 Å². The molecular weight excluding hydrogens is 315 g/mol. The average Bonchev–Trinajstić information content (AvgIpc) is 2.25. The summed E-state index contributed by atoms with van der Waals surface area (Å²) in [5.41, 5.74) is 4.62. The number of hydrogen-bond donors (Lipinski definition) is 0. The molecule has 0 amide bonds. The Labute approximate surface area is 132 Å². The molecule has 0 aromatic heterocycles. The zero-order valence-corrected chi connectivity index (χ0v) is 15.3. The van der Waals surface area contributed by atoms with Crippen LogP contribution in [0.3, 0.4) is 0 Å². The summed E-state index contributed by atoms with van der Waals surface area (Å²) >= 11 is 0. The first-order valence-corrected chi connectivity index (χ1v) is 9.85. The van der Waals surface area contributed by atoms with Crippen LogP contribution in [0.5, 0.6) is 0 Å². The third-order valence-corrected chi connectivity index (χ3v) is 2.99. The molecule has 0 bridgehead atoms. The molecule has 0 aliphatic heterocycles. The van der Waals surface area contributed by atoms with E-state index in [9.17, 15) is 0 Å². The maximum absolute atomic E-state index is 9.16. The summed E-state index contributed by atoms with van der Waals surface area (Å²) < 4.78 is 18.3. The first-order chi connectivity index (χ1) is 8.95. The Morgan fingerprint density at radius 3 is 1.30 bits per heavy atom. The fraction of sp³-hybridized carbons (Fsp3) is 0.600. The fourth-order valence-electron chi connectivity index (χ4n) is 2.28. The maximum Gasteiger partial charge on any atom is 0.317 e. The minimum absolute atomic E-state index is 0.626. The van der Waals surface area contributed by atoms with Gasteiger partial charge in [-0.25, -0.2) is 0 Å². The summed E-state index contributed by atoms with van der Waals surface area (Å²) in [6, 6.07) is 6.77. The standard InChI is InChI=1S/C15H24.Cl2O2S/c1-10(2)13-8-7-9-14(11(3)4)15(13)12(5)6;1-5(2,3)4/h7-12H,1-6H3;. The molecule has 2 nitrogen and oxygen atoms in total. The third-order valence-electron chi connectivity index (χ3n) is 2.99. The van der Waals surface area contributed by atoms with E-state index >= 15 is 0 Å². The lowest BCUT2D eigenvalue weighted by Crippen LogP contribution is -2.04. The molecule has 0 N–H and O–H groups in total. The zero-order valence-electron chi connectivity index (χ0n) is 12.9. The van der Waals surface area contributed by atoms with E-state index in [1.807, 2.05) is 0 Å². The van der Waals surface area contributed by atoms with Crippen molar-refractivity contribution >= 4 is 29.6 Å². The fourth-order valence-corrected chi connectivity index (χ4v) is 2.28. The van der Waals surface area contributed by atoms with Gasteiger partial charge in [-0.15, -0.1) is 0 Å². The van der Waals surface area contributed by atoms with Gasteiger partial charge in [0, 0.05) is 21.4 Å². The molecule has 20 heavy (non-hydrogen) atoms. The van der Waals surface area contributed by atoms with E-state index in [2.05, 4.69) is 81.1 Å².